The second-order valence-electron chi connectivity index (χ2n) is 2.77. The van der Waals surface area contributed by atoms with Crippen LogP contribution in [0.4, 0.5) is 5.13 Å². The Morgan fingerprint density at radius 3 is 2.62 bits per heavy atom. The highest BCUT2D eigenvalue weighted by Crippen LogP contribution is 2.27. The van der Waals surface area contributed by atoms with Crippen LogP contribution in [0, 0.1) is 0 Å². The molecule has 0 saturated heterocycles. The molecule has 1 aromatic carbocycles. The monoisotopic (exact) mass is 275 g/mol. The van der Waals surface area contributed by atoms with E-state index < -0.39 is 11.3 Å². The average Bonchev–Trinajstić information content (AvgIpc) is 2.66. The van der Waals surface area contributed by atoms with Gasteiger partial charge >= 0.3 is 0 Å². The van der Waals surface area contributed by atoms with E-state index in [1.807, 2.05) is 12.1 Å². The molecule has 1 atom stereocenters. The van der Waals surface area contributed by atoms with Crippen LogP contribution in [0.1, 0.15) is 0 Å². The minimum atomic E-state index is -2.13. The molecule has 1 heterocycles. The van der Waals surface area contributed by atoms with E-state index in [2.05, 4.69) is 14.9 Å². The zero-order valence-electron chi connectivity index (χ0n) is 7.75. The van der Waals surface area contributed by atoms with Crippen LogP contribution in [0.2, 0.25) is 5.02 Å². The van der Waals surface area contributed by atoms with Crippen molar-refractivity contribution in [3.05, 3.63) is 29.3 Å². The Bertz CT molecular complexity index is 514. The lowest BCUT2D eigenvalue weighted by Crippen LogP contribution is -2.00. The van der Waals surface area contributed by atoms with Gasteiger partial charge in [-0.15, -0.1) is 10.2 Å². The molecular weight excluding hydrogens is 270 g/mol. The minimum Gasteiger partial charge on any atom is -0.289 e. The topological polar surface area (TPSA) is 75.1 Å². The van der Waals surface area contributed by atoms with E-state index in [9.17, 15) is 4.21 Å². The molecule has 0 aliphatic heterocycles. The summed E-state index contributed by atoms with van der Waals surface area (Å²) < 4.78 is 21.3. The predicted molar refractivity (Wildman–Crippen MR) is 64.7 cm³/mol. The summed E-state index contributed by atoms with van der Waals surface area (Å²) >= 11 is 4.82. The molecular formula is C8H6ClN3O2S2. The van der Waals surface area contributed by atoms with Gasteiger partial charge in [0.1, 0.15) is 5.01 Å². The second kappa shape index (κ2) is 4.88. The number of halogens is 1. The van der Waals surface area contributed by atoms with Crippen molar-refractivity contribution in [1.82, 2.24) is 10.2 Å². The van der Waals surface area contributed by atoms with E-state index in [1.165, 1.54) is 11.3 Å². The summed E-state index contributed by atoms with van der Waals surface area (Å²) in [6.07, 6.45) is 0. The molecule has 0 spiro atoms. The molecule has 1 aromatic heterocycles. The Kier molecular flexibility index (Phi) is 3.49. The summed E-state index contributed by atoms with van der Waals surface area (Å²) in [7, 11) is 0. The molecule has 0 bridgehead atoms. The molecule has 0 fully saturated rings. The van der Waals surface area contributed by atoms with Crippen molar-refractivity contribution in [3.63, 3.8) is 0 Å². The van der Waals surface area contributed by atoms with Gasteiger partial charge in [0.2, 0.25) is 5.13 Å². The third kappa shape index (κ3) is 2.76. The number of rotatable bonds is 3. The van der Waals surface area contributed by atoms with Gasteiger partial charge in [0.25, 0.3) is 11.3 Å². The van der Waals surface area contributed by atoms with E-state index >= 15 is 0 Å². The van der Waals surface area contributed by atoms with E-state index in [4.69, 9.17) is 16.2 Å². The molecule has 2 aromatic rings. The molecule has 84 valence electrons. The third-order valence-electron chi connectivity index (χ3n) is 1.69. The largest absolute Gasteiger partial charge is 0.289 e. The summed E-state index contributed by atoms with van der Waals surface area (Å²) in [6, 6.07) is 7.11. The summed E-state index contributed by atoms with van der Waals surface area (Å²) in [5, 5.41) is 9.21. The molecule has 0 radical (unpaired) electrons. The summed E-state index contributed by atoms with van der Waals surface area (Å²) in [6.45, 7) is 0. The molecule has 0 saturated carbocycles. The fourth-order valence-corrected chi connectivity index (χ4v) is 2.35. The van der Waals surface area contributed by atoms with Crippen molar-refractivity contribution >= 4 is 39.3 Å². The quantitative estimate of drug-likeness (QED) is 0.844. The van der Waals surface area contributed by atoms with Gasteiger partial charge in [0, 0.05) is 10.6 Å². The van der Waals surface area contributed by atoms with Gasteiger partial charge in [0.05, 0.1) is 0 Å². The lowest BCUT2D eigenvalue weighted by Gasteiger charge is -1.94. The van der Waals surface area contributed by atoms with Crippen LogP contribution >= 0.6 is 22.9 Å². The Morgan fingerprint density at radius 2 is 2.00 bits per heavy atom. The lowest BCUT2D eigenvalue weighted by atomic mass is 10.2. The number of hydrogen-bond donors (Lipinski definition) is 2. The smallest absolute Gasteiger partial charge is 0.261 e. The van der Waals surface area contributed by atoms with Crippen molar-refractivity contribution in [1.29, 1.82) is 0 Å². The van der Waals surface area contributed by atoms with Crippen molar-refractivity contribution in [2.75, 3.05) is 4.72 Å². The zero-order valence-corrected chi connectivity index (χ0v) is 10.1. The fraction of sp³-hybridized carbons (Fsp3) is 0. The van der Waals surface area contributed by atoms with Crippen LogP contribution < -0.4 is 4.72 Å². The van der Waals surface area contributed by atoms with E-state index in [1.54, 1.807) is 12.1 Å². The molecule has 2 N–H and O–H groups in total. The normalized spacial score (nSPS) is 12.4. The van der Waals surface area contributed by atoms with Gasteiger partial charge in [-0.1, -0.05) is 35.1 Å². The number of hydrogen-bond acceptors (Lipinski definition) is 4. The SMILES string of the molecule is O=S(O)Nc1nnc(-c2ccc(Cl)cc2)s1. The van der Waals surface area contributed by atoms with Gasteiger partial charge in [-0.2, -0.15) is 0 Å². The summed E-state index contributed by atoms with van der Waals surface area (Å²) in [5.41, 5.74) is 0.860. The maximum atomic E-state index is 10.5. The van der Waals surface area contributed by atoms with Crippen LogP contribution in [-0.4, -0.2) is 19.0 Å². The molecule has 2 rings (SSSR count). The maximum absolute atomic E-state index is 10.5. The molecule has 8 heteroatoms. The number of aromatic nitrogens is 2. The maximum Gasteiger partial charge on any atom is 0.261 e. The van der Waals surface area contributed by atoms with Crippen molar-refractivity contribution in [2.24, 2.45) is 0 Å². The molecule has 0 aliphatic rings. The Morgan fingerprint density at radius 1 is 1.31 bits per heavy atom. The molecule has 5 nitrogen and oxygen atoms in total. The highest BCUT2D eigenvalue weighted by Gasteiger charge is 2.07. The predicted octanol–water partition coefficient (Wildman–Crippen LogP) is 2.41. The zero-order chi connectivity index (χ0) is 11.5. The highest BCUT2D eigenvalue weighted by molar-refractivity contribution is 7.80. The standard InChI is InChI=1S/C8H6ClN3O2S2/c9-6-3-1-5(2-4-6)7-10-11-8(15-7)12-16(13)14/h1-4H,(H,11,12)(H,13,14). The lowest BCUT2D eigenvalue weighted by molar-refractivity contribution is 0.570. The highest BCUT2D eigenvalue weighted by atomic mass is 35.5. The van der Waals surface area contributed by atoms with Crippen molar-refractivity contribution in [2.45, 2.75) is 0 Å². The van der Waals surface area contributed by atoms with Gasteiger partial charge in [-0.3, -0.25) is 9.27 Å². The van der Waals surface area contributed by atoms with E-state index in [0.29, 0.717) is 15.2 Å². The first-order valence-corrected chi connectivity index (χ1v) is 6.42. The van der Waals surface area contributed by atoms with Gasteiger partial charge in [-0.25, -0.2) is 4.21 Å². The van der Waals surface area contributed by atoms with E-state index in [-0.39, 0.29) is 0 Å². The van der Waals surface area contributed by atoms with Crippen LogP contribution in [0.5, 0.6) is 0 Å². The number of anilines is 1. The van der Waals surface area contributed by atoms with Crippen LogP contribution in [0.25, 0.3) is 10.6 Å². The van der Waals surface area contributed by atoms with Crippen molar-refractivity contribution < 1.29 is 8.76 Å². The average molecular weight is 276 g/mol. The summed E-state index contributed by atoms with van der Waals surface area (Å²) in [4.78, 5) is 0. The molecule has 1 unspecified atom stereocenters. The molecule has 0 amide bonds. The number of nitrogens with zero attached hydrogens (tertiary/aromatic N) is 2. The Balaban J connectivity index is 2.24. The Labute approximate surface area is 103 Å². The van der Waals surface area contributed by atoms with Crippen molar-refractivity contribution in [3.8, 4) is 10.6 Å². The summed E-state index contributed by atoms with van der Waals surface area (Å²) in [5.74, 6) is 0. The van der Waals surface area contributed by atoms with Crippen LogP contribution in [0.3, 0.4) is 0 Å². The molecule has 0 aliphatic carbocycles. The fourth-order valence-electron chi connectivity index (χ4n) is 1.05. The second-order valence-corrected chi connectivity index (χ2v) is 4.89. The molecule has 16 heavy (non-hydrogen) atoms. The number of nitrogens with one attached hydrogen (secondary N) is 1. The first kappa shape index (κ1) is 11.5. The van der Waals surface area contributed by atoms with E-state index in [0.717, 1.165) is 5.56 Å². The van der Waals surface area contributed by atoms with Gasteiger partial charge in [0.15, 0.2) is 0 Å². The minimum absolute atomic E-state index is 0.297. The third-order valence-corrected chi connectivity index (χ3v) is 3.33. The Hall–Kier alpha value is -1.02. The number of benzene rings is 1. The van der Waals surface area contributed by atoms with Gasteiger partial charge in [-0.05, 0) is 12.1 Å². The first-order valence-electron chi connectivity index (χ1n) is 4.12. The van der Waals surface area contributed by atoms with Gasteiger partial charge < -0.3 is 0 Å². The van der Waals surface area contributed by atoms with Crippen LogP contribution in [-0.2, 0) is 11.3 Å². The van der Waals surface area contributed by atoms with Crippen LogP contribution in [0.15, 0.2) is 24.3 Å². The first-order chi connectivity index (χ1) is 7.65.